The van der Waals surface area contributed by atoms with Crippen LogP contribution >= 0.6 is 23.5 Å². The molecule has 1 amide bonds. The first kappa shape index (κ1) is 19.1. The fourth-order valence-corrected chi connectivity index (χ4v) is 3.96. The summed E-state index contributed by atoms with van der Waals surface area (Å²) in [5.41, 5.74) is 1.65. The highest BCUT2D eigenvalue weighted by atomic mass is 32.2. The summed E-state index contributed by atoms with van der Waals surface area (Å²) in [6.45, 7) is 7.96. The third-order valence-electron chi connectivity index (χ3n) is 3.29. The first-order chi connectivity index (χ1) is 12.0. The molecule has 2 N–H and O–H groups in total. The van der Waals surface area contributed by atoms with Crippen LogP contribution in [-0.4, -0.2) is 17.9 Å². The van der Waals surface area contributed by atoms with Gasteiger partial charge in [0.25, 0.3) is 5.91 Å². The van der Waals surface area contributed by atoms with E-state index in [4.69, 9.17) is 0 Å². The first-order valence-electron chi connectivity index (χ1n) is 7.75. The molecule has 1 heterocycles. The van der Waals surface area contributed by atoms with Gasteiger partial charge in [0, 0.05) is 27.9 Å². The molecule has 0 aliphatic heterocycles. The van der Waals surface area contributed by atoms with Gasteiger partial charge in [0.05, 0.1) is 5.03 Å². The van der Waals surface area contributed by atoms with Gasteiger partial charge in [0.15, 0.2) is 0 Å². The smallest absolute Gasteiger partial charge is 0.251 e. The van der Waals surface area contributed by atoms with Crippen molar-refractivity contribution < 1.29 is 4.79 Å². The van der Waals surface area contributed by atoms with Gasteiger partial charge in [-0.3, -0.25) is 4.79 Å². The summed E-state index contributed by atoms with van der Waals surface area (Å²) in [6, 6.07) is 11.6. The van der Waals surface area contributed by atoms with Crippen molar-refractivity contribution in [3.63, 3.8) is 0 Å². The van der Waals surface area contributed by atoms with E-state index in [0.717, 1.165) is 25.5 Å². The van der Waals surface area contributed by atoms with Gasteiger partial charge in [-0.1, -0.05) is 48.3 Å². The maximum atomic E-state index is 12.0. The molecule has 130 valence electrons. The second-order valence-corrected chi connectivity index (χ2v) is 7.64. The van der Waals surface area contributed by atoms with E-state index in [1.54, 1.807) is 25.0 Å². The number of hydrogen-bond acceptors (Lipinski definition) is 5. The number of rotatable bonds is 7. The zero-order valence-corrected chi connectivity index (χ0v) is 16.1. The molecule has 0 saturated carbocycles. The van der Waals surface area contributed by atoms with Crippen LogP contribution in [0.3, 0.4) is 0 Å². The third-order valence-corrected chi connectivity index (χ3v) is 5.50. The monoisotopic (exact) mass is 371 g/mol. The number of hydrogen-bond donors (Lipinski definition) is 2. The zero-order valence-electron chi connectivity index (χ0n) is 14.5. The van der Waals surface area contributed by atoms with Crippen LogP contribution in [0.15, 0.2) is 69.4 Å². The lowest BCUT2D eigenvalue weighted by molar-refractivity contribution is 0.0962. The molecule has 1 aromatic heterocycles. The number of allylic oxidation sites excluding steroid dienone is 1. The average molecular weight is 372 g/mol. The van der Waals surface area contributed by atoms with Crippen molar-refractivity contribution in [3.8, 4) is 0 Å². The van der Waals surface area contributed by atoms with Crippen LogP contribution in [0.5, 0.6) is 0 Å². The summed E-state index contributed by atoms with van der Waals surface area (Å²) in [4.78, 5) is 17.2. The molecule has 0 aliphatic carbocycles. The van der Waals surface area contributed by atoms with Crippen LogP contribution in [0.25, 0.3) is 0 Å². The summed E-state index contributed by atoms with van der Waals surface area (Å²) < 4.78 is 1.07. The maximum absolute atomic E-state index is 12.0. The minimum atomic E-state index is -0.0733. The second kappa shape index (κ2) is 9.34. The Hall–Kier alpha value is -2.18. The topological polar surface area (TPSA) is 54.0 Å². The van der Waals surface area contributed by atoms with Crippen LogP contribution in [-0.2, 0) is 0 Å². The van der Waals surface area contributed by atoms with E-state index >= 15 is 0 Å². The fourth-order valence-electron chi connectivity index (χ4n) is 2.03. The van der Waals surface area contributed by atoms with E-state index in [0.29, 0.717) is 5.56 Å². The van der Waals surface area contributed by atoms with Crippen molar-refractivity contribution in [2.45, 2.75) is 18.7 Å². The summed E-state index contributed by atoms with van der Waals surface area (Å²) >= 11 is 3.14. The number of nitrogens with zero attached hydrogens (tertiary/aromatic N) is 1. The van der Waals surface area contributed by atoms with E-state index in [1.165, 1.54) is 11.8 Å². The molecule has 0 fully saturated rings. The molecule has 4 nitrogen and oxygen atoms in total. The van der Waals surface area contributed by atoms with Crippen LogP contribution in [0.2, 0.25) is 0 Å². The van der Waals surface area contributed by atoms with Crippen molar-refractivity contribution >= 4 is 35.2 Å². The minimum absolute atomic E-state index is 0.0733. The Morgan fingerprint density at radius 1 is 1.28 bits per heavy atom. The molecular formula is C19H21N3OS2. The zero-order chi connectivity index (χ0) is 18.2. The lowest BCUT2D eigenvalue weighted by atomic mass is 10.1. The van der Waals surface area contributed by atoms with Gasteiger partial charge in [0.2, 0.25) is 0 Å². The van der Waals surface area contributed by atoms with E-state index in [2.05, 4.69) is 22.2 Å². The van der Waals surface area contributed by atoms with Gasteiger partial charge < -0.3 is 10.6 Å². The number of nitrogens with one attached hydrogen (secondary N) is 2. The molecule has 6 heteroatoms. The van der Waals surface area contributed by atoms with Crippen LogP contribution in [0.4, 0.5) is 5.82 Å². The lowest BCUT2D eigenvalue weighted by Gasteiger charge is -2.12. The van der Waals surface area contributed by atoms with Gasteiger partial charge in [-0.25, -0.2) is 4.98 Å². The Kier molecular flexibility index (Phi) is 7.16. The summed E-state index contributed by atoms with van der Waals surface area (Å²) in [6.07, 6.45) is 3.76. The van der Waals surface area contributed by atoms with Gasteiger partial charge in [-0.15, -0.1) is 0 Å². The minimum Gasteiger partial charge on any atom is -0.355 e. The van der Waals surface area contributed by atoms with E-state index in [1.807, 2.05) is 56.3 Å². The number of pyridine rings is 1. The van der Waals surface area contributed by atoms with Crippen LogP contribution in [0.1, 0.15) is 22.8 Å². The fraction of sp³-hybridized carbons (Fsp3) is 0.158. The molecule has 2 aromatic rings. The highest BCUT2D eigenvalue weighted by Crippen LogP contribution is 2.38. The van der Waals surface area contributed by atoms with E-state index in [9.17, 15) is 4.79 Å². The Balaban J connectivity index is 2.05. The van der Waals surface area contributed by atoms with Crippen LogP contribution < -0.4 is 10.6 Å². The number of carbonyl (C=O) groups excluding carboxylic acids is 1. The van der Waals surface area contributed by atoms with Gasteiger partial charge in [0.1, 0.15) is 5.82 Å². The number of carbonyl (C=O) groups is 1. The van der Waals surface area contributed by atoms with Crippen molar-refractivity contribution in [1.82, 2.24) is 10.3 Å². The number of thioether (sulfide) groups is 2. The SMILES string of the molecule is C=C(Nc1ccccn1)S/C(=C\C)Sc1ccc(C)c(C(=O)NC)c1. The van der Waals surface area contributed by atoms with Crippen molar-refractivity contribution in [1.29, 1.82) is 0 Å². The maximum Gasteiger partial charge on any atom is 0.251 e. The largest absolute Gasteiger partial charge is 0.355 e. The van der Waals surface area contributed by atoms with E-state index < -0.39 is 0 Å². The highest BCUT2D eigenvalue weighted by Gasteiger charge is 2.10. The summed E-state index contributed by atoms with van der Waals surface area (Å²) in [5.74, 6) is 0.688. The molecule has 0 radical (unpaired) electrons. The Morgan fingerprint density at radius 2 is 2.08 bits per heavy atom. The normalized spacial score (nSPS) is 11.1. The molecule has 0 saturated heterocycles. The molecule has 2 rings (SSSR count). The third kappa shape index (κ3) is 5.69. The second-order valence-electron chi connectivity index (χ2n) is 5.13. The van der Waals surface area contributed by atoms with Crippen molar-refractivity contribution in [2.24, 2.45) is 0 Å². The number of anilines is 1. The number of amides is 1. The first-order valence-corrected chi connectivity index (χ1v) is 9.38. The van der Waals surface area contributed by atoms with Crippen LogP contribution in [0, 0.1) is 6.92 Å². The molecule has 1 aromatic carbocycles. The molecule has 0 aliphatic rings. The van der Waals surface area contributed by atoms with E-state index in [-0.39, 0.29) is 5.91 Å². The predicted octanol–water partition coefficient (Wildman–Crippen LogP) is 5.02. The van der Waals surface area contributed by atoms with Gasteiger partial charge >= 0.3 is 0 Å². The molecule has 0 atom stereocenters. The number of benzene rings is 1. The molecular weight excluding hydrogens is 350 g/mol. The Morgan fingerprint density at radius 3 is 2.72 bits per heavy atom. The van der Waals surface area contributed by atoms with Gasteiger partial charge in [-0.2, -0.15) is 0 Å². The molecule has 25 heavy (non-hydrogen) atoms. The quantitative estimate of drug-likeness (QED) is 0.669. The van der Waals surface area contributed by atoms with Crippen molar-refractivity contribution in [3.05, 3.63) is 75.6 Å². The van der Waals surface area contributed by atoms with Crippen molar-refractivity contribution in [2.75, 3.05) is 12.4 Å². The summed E-state index contributed by atoms with van der Waals surface area (Å²) in [5, 5.41) is 6.65. The molecule has 0 spiro atoms. The summed E-state index contributed by atoms with van der Waals surface area (Å²) in [7, 11) is 1.64. The predicted molar refractivity (Wildman–Crippen MR) is 109 cm³/mol. The van der Waals surface area contributed by atoms with Gasteiger partial charge in [-0.05, 0) is 43.7 Å². The highest BCUT2D eigenvalue weighted by molar-refractivity contribution is 8.24. The lowest BCUT2D eigenvalue weighted by Crippen LogP contribution is -2.18. The molecule has 0 bridgehead atoms. The Labute approximate surface area is 157 Å². The average Bonchev–Trinajstić information content (AvgIpc) is 2.62. The standard InChI is InChI=1S/C19H21N3OS2/c1-5-18(24-14(3)22-17-8-6-7-11-21-17)25-15-10-9-13(2)16(12-15)19(23)20-4/h5-12H,3H2,1-2,4H3,(H,20,23)(H,21,22)/b18-5+. The molecule has 0 unspecified atom stereocenters. The number of aromatic nitrogens is 1. The number of aryl methyl sites for hydroxylation is 1. The Bertz CT molecular complexity index is 789.